The van der Waals surface area contributed by atoms with Crippen molar-refractivity contribution in [1.29, 1.82) is 0 Å². The molecule has 1 atom stereocenters. The Kier molecular flexibility index (Phi) is 5.84. The number of nitrogens with one attached hydrogen (secondary N) is 1. The summed E-state index contributed by atoms with van der Waals surface area (Å²) >= 11 is 0. The lowest BCUT2D eigenvalue weighted by molar-refractivity contribution is -0.137. The smallest absolute Gasteiger partial charge is 0.372 e. The summed E-state index contributed by atoms with van der Waals surface area (Å²) in [6.07, 6.45) is 0.449. The van der Waals surface area contributed by atoms with Crippen LogP contribution in [0.15, 0.2) is 60.8 Å². The monoisotopic (exact) mass is 413 g/mol. The van der Waals surface area contributed by atoms with Crippen LogP contribution in [0.2, 0.25) is 0 Å². The maximum absolute atomic E-state index is 13.0. The van der Waals surface area contributed by atoms with Crippen LogP contribution in [0.1, 0.15) is 43.5 Å². The van der Waals surface area contributed by atoms with Gasteiger partial charge < -0.3 is 9.88 Å². The van der Waals surface area contributed by atoms with Gasteiger partial charge in [0.05, 0.1) is 17.5 Å². The van der Waals surface area contributed by atoms with E-state index in [1.54, 1.807) is 6.07 Å². The molecule has 0 amide bonds. The molecule has 0 saturated carbocycles. The van der Waals surface area contributed by atoms with Crippen molar-refractivity contribution in [3.8, 4) is 11.3 Å². The lowest BCUT2D eigenvalue weighted by Gasteiger charge is -2.36. The van der Waals surface area contributed by atoms with Crippen molar-refractivity contribution >= 4 is 5.69 Å². The van der Waals surface area contributed by atoms with Crippen molar-refractivity contribution in [3.05, 3.63) is 72.2 Å². The predicted octanol–water partition coefficient (Wildman–Crippen LogP) is 6.51. The molecule has 1 saturated heterocycles. The molecule has 158 valence electrons. The Morgan fingerprint density at radius 1 is 1.07 bits per heavy atom. The van der Waals surface area contributed by atoms with Crippen LogP contribution in [0.4, 0.5) is 18.9 Å². The Morgan fingerprint density at radius 2 is 1.80 bits per heavy atom. The zero-order valence-corrected chi connectivity index (χ0v) is 17.0. The van der Waals surface area contributed by atoms with Crippen molar-refractivity contribution in [2.24, 2.45) is 5.92 Å². The number of imidazole rings is 1. The standard InChI is InChI=1S/C24H26F3N3/c1-2-21(23-28-16-22(29-23)18-7-4-3-5-8-18)17-11-13-30(14-12-17)20-10-6-9-19(15-20)24(25,26)27/h3-10,15-17,21H,2,11-14H2,1H3,(H,28,29). The molecule has 6 heteroatoms. The number of halogens is 3. The second-order valence-electron chi connectivity index (χ2n) is 7.94. The summed E-state index contributed by atoms with van der Waals surface area (Å²) in [7, 11) is 0. The number of benzene rings is 2. The second-order valence-corrected chi connectivity index (χ2v) is 7.94. The summed E-state index contributed by atoms with van der Waals surface area (Å²) in [5.41, 5.74) is 2.20. The fourth-order valence-corrected chi connectivity index (χ4v) is 4.48. The van der Waals surface area contributed by atoms with E-state index in [0.29, 0.717) is 17.5 Å². The summed E-state index contributed by atoms with van der Waals surface area (Å²) in [4.78, 5) is 10.2. The van der Waals surface area contributed by atoms with E-state index in [4.69, 9.17) is 0 Å². The number of rotatable bonds is 5. The van der Waals surface area contributed by atoms with Gasteiger partial charge in [0.25, 0.3) is 0 Å². The number of alkyl halides is 3. The number of hydrogen-bond donors (Lipinski definition) is 1. The topological polar surface area (TPSA) is 31.9 Å². The Bertz CT molecular complexity index is 957. The fourth-order valence-electron chi connectivity index (χ4n) is 4.48. The van der Waals surface area contributed by atoms with Gasteiger partial charge in [0.1, 0.15) is 5.82 Å². The van der Waals surface area contributed by atoms with Gasteiger partial charge in [0, 0.05) is 24.7 Å². The third kappa shape index (κ3) is 4.37. The van der Waals surface area contributed by atoms with E-state index >= 15 is 0 Å². The molecular weight excluding hydrogens is 387 g/mol. The third-order valence-electron chi connectivity index (χ3n) is 6.12. The van der Waals surface area contributed by atoms with Gasteiger partial charge in [-0.2, -0.15) is 13.2 Å². The zero-order chi connectivity index (χ0) is 21.1. The highest BCUT2D eigenvalue weighted by molar-refractivity contribution is 5.58. The summed E-state index contributed by atoms with van der Waals surface area (Å²) in [6.45, 7) is 3.69. The second kappa shape index (κ2) is 8.54. The Balaban J connectivity index is 1.44. The van der Waals surface area contributed by atoms with Gasteiger partial charge in [0.15, 0.2) is 0 Å². The molecule has 2 heterocycles. The molecule has 0 spiro atoms. The third-order valence-corrected chi connectivity index (χ3v) is 6.12. The predicted molar refractivity (Wildman–Crippen MR) is 113 cm³/mol. The molecule has 1 fully saturated rings. The van der Waals surface area contributed by atoms with E-state index in [-0.39, 0.29) is 0 Å². The molecule has 2 aromatic carbocycles. The molecule has 3 aromatic rings. The summed E-state index contributed by atoms with van der Waals surface area (Å²) in [6, 6.07) is 15.8. The van der Waals surface area contributed by atoms with E-state index in [2.05, 4.69) is 33.9 Å². The minimum Gasteiger partial charge on any atom is -0.372 e. The van der Waals surface area contributed by atoms with E-state index < -0.39 is 11.7 Å². The van der Waals surface area contributed by atoms with Gasteiger partial charge in [-0.3, -0.25) is 0 Å². The van der Waals surface area contributed by atoms with Crippen molar-refractivity contribution in [3.63, 3.8) is 0 Å². The van der Waals surface area contributed by atoms with Gasteiger partial charge in [-0.1, -0.05) is 43.3 Å². The lowest BCUT2D eigenvalue weighted by Crippen LogP contribution is -2.36. The van der Waals surface area contributed by atoms with E-state index in [1.165, 1.54) is 12.1 Å². The molecule has 1 aliphatic rings. The molecule has 1 aliphatic heterocycles. The quantitative estimate of drug-likeness (QED) is 0.517. The minimum absolute atomic E-state index is 0.325. The molecule has 30 heavy (non-hydrogen) atoms. The minimum atomic E-state index is -4.31. The number of aromatic amines is 1. The number of aromatic nitrogens is 2. The maximum Gasteiger partial charge on any atom is 0.416 e. The van der Waals surface area contributed by atoms with Crippen LogP contribution in [-0.4, -0.2) is 23.1 Å². The first-order valence-corrected chi connectivity index (χ1v) is 10.5. The summed E-state index contributed by atoms with van der Waals surface area (Å²) < 4.78 is 39.1. The highest BCUT2D eigenvalue weighted by atomic mass is 19.4. The van der Waals surface area contributed by atoms with Crippen LogP contribution in [0.25, 0.3) is 11.3 Å². The summed E-state index contributed by atoms with van der Waals surface area (Å²) in [5.74, 6) is 1.80. The zero-order valence-electron chi connectivity index (χ0n) is 17.0. The number of piperidine rings is 1. The molecule has 1 unspecified atom stereocenters. The number of hydrogen-bond acceptors (Lipinski definition) is 2. The molecule has 0 bridgehead atoms. The van der Waals surface area contributed by atoms with Gasteiger partial charge in [-0.15, -0.1) is 0 Å². The maximum atomic E-state index is 13.0. The van der Waals surface area contributed by atoms with Crippen molar-refractivity contribution in [1.82, 2.24) is 9.97 Å². The van der Waals surface area contributed by atoms with Crippen LogP contribution < -0.4 is 4.90 Å². The SMILES string of the molecule is CCC(c1ncc(-c2ccccc2)[nH]1)C1CCN(c2cccc(C(F)(F)F)c2)CC1. The van der Waals surface area contributed by atoms with Crippen LogP contribution in [0.3, 0.4) is 0 Å². The lowest BCUT2D eigenvalue weighted by atomic mass is 9.82. The molecule has 0 aliphatic carbocycles. The highest BCUT2D eigenvalue weighted by Gasteiger charge is 2.32. The molecule has 1 N–H and O–H groups in total. The van der Waals surface area contributed by atoms with E-state index in [9.17, 15) is 13.2 Å². The average molecular weight is 413 g/mol. The molecule has 0 radical (unpaired) electrons. The normalized spacial score (nSPS) is 16.6. The Morgan fingerprint density at radius 3 is 2.47 bits per heavy atom. The Hall–Kier alpha value is -2.76. The van der Waals surface area contributed by atoms with Crippen LogP contribution in [-0.2, 0) is 6.18 Å². The first-order chi connectivity index (χ1) is 14.5. The van der Waals surface area contributed by atoms with Crippen LogP contribution in [0, 0.1) is 5.92 Å². The highest BCUT2D eigenvalue weighted by Crippen LogP contribution is 2.37. The first-order valence-electron chi connectivity index (χ1n) is 10.5. The van der Waals surface area contributed by atoms with E-state index in [1.807, 2.05) is 24.4 Å². The van der Waals surface area contributed by atoms with Crippen LogP contribution in [0.5, 0.6) is 0 Å². The number of H-pyrrole nitrogens is 1. The number of nitrogens with zero attached hydrogens (tertiary/aromatic N) is 2. The van der Waals surface area contributed by atoms with Crippen molar-refractivity contribution in [2.45, 2.75) is 38.3 Å². The summed E-state index contributed by atoms with van der Waals surface area (Å²) in [5, 5.41) is 0. The van der Waals surface area contributed by atoms with Crippen LogP contribution >= 0.6 is 0 Å². The molecular formula is C24H26F3N3. The van der Waals surface area contributed by atoms with Gasteiger partial charge >= 0.3 is 6.18 Å². The molecule has 4 rings (SSSR count). The first kappa shape index (κ1) is 20.5. The molecule has 3 nitrogen and oxygen atoms in total. The van der Waals surface area contributed by atoms with Gasteiger partial charge in [-0.05, 0) is 48.9 Å². The largest absolute Gasteiger partial charge is 0.416 e. The van der Waals surface area contributed by atoms with E-state index in [0.717, 1.165) is 55.5 Å². The van der Waals surface area contributed by atoms with Crippen molar-refractivity contribution in [2.75, 3.05) is 18.0 Å². The number of anilines is 1. The molecule has 1 aromatic heterocycles. The van der Waals surface area contributed by atoms with Crippen molar-refractivity contribution < 1.29 is 13.2 Å². The average Bonchev–Trinajstić information content (AvgIpc) is 3.25. The van der Waals surface area contributed by atoms with Gasteiger partial charge in [0.2, 0.25) is 0 Å². The van der Waals surface area contributed by atoms with Gasteiger partial charge in [-0.25, -0.2) is 4.98 Å². The fraction of sp³-hybridized carbons (Fsp3) is 0.375. The Labute approximate surface area is 175 Å².